The first kappa shape index (κ1) is 17.0. The first-order valence-electron chi connectivity index (χ1n) is 9.02. The fourth-order valence-corrected chi connectivity index (χ4v) is 3.14. The third kappa shape index (κ3) is 4.81. The van der Waals surface area contributed by atoms with Gasteiger partial charge < -0.3 is 16.0 Å². The molecule has 2 fully saturated rings. The lowest BCUT2D eigenvalue weighted by atomic mass is 10.0. The molecule has 1 aliphatic carbocycles. The van der Waals surface area contributed by atoms with Gasteiger partial charge in [-0.05, 0) is 69.3 Å². The molecule has 3 N–H and O–H groups in total. The Kier molecular flexibility index (Phi) is 5.51. The summed E-state index contributed by atoms with van der Waals surface area (Å²) in [6.45, 7) is 4.11. The van der Waals surface area contributed by atoms with Gasteiger partial charge in [0.05, 0.1) is 6.04 Å². The second kappa shape index (κ2) is 7.79. The number of rotatable bonds is 7. The highest BCUT2D eigenvalue weighted by molar-refractivity contribution is 5.94. The number of hydrogen-bond donors (Lipinski definition) is 3. The Morgan fingerprint density at radius 1 is 1.21 bits per heavy atom. The lowest BCUT2D eigenvalue weighted by Crippen LogP contribution is -2.27. The Balaban J connectivity index is 1.44. The van der Waals surface area contributed by atoms with Crippen molar-refractivity contribution in [3.8, 4) is 0 Å². The molecule has 2 aliphatic rings. The van der Waals surface area contributed by atoms with E-state index >= 15 is 0 Å². The van der Waals surface area contributed by atoms with E-state index in [2.05, 4.69) is 16.0 Å². The van der Waals surface area contributed by atoms with Gasteiger partial charge in [0, 0.05) is 18.0 Å². The number of benzene rings is 1. The fraction of sp³-hybridized carbons (Fsp3) is 0.579. The van der Waals surface area contributed by atoms with E-state index in [-0.39, 0.29) is 23.8 Å². The van der Waals surface area contributed by atoms with Gasteiger partial charge in [0.1, 0.15) is 0 Å². The SMILES string of the molecule is CC(NC(=O)CCC1CCNC1)c1ccc(NC(=O)C2CC2)cc1. The van der Waals surface area contributed by atoms with E-state index in [0.29, 0.717) is 12.3 Å². The standard InChI is InChI=1S/C19H27N3O2/c1-13(21-18(23)9-2-14-10-11-20-12-14)15-5-7-17(8-6-15)22-19(24)16-3-4-16/h5-8,13-14,16,20H,2-4,9-12H2,1H3,(H,21,23)(H,22,24). The number of nitrogens with one attached hydrogen (secondary N) is 3. The van der Waals surface area contributed by atoms with Crippen LogP contribution in [0.25, 0.3) is 0 Å². The van der Waals surface area contributed by atoms with Gasteiger partial charge in [-0.15, -0.1) is 0 Å². The molecule has 2 unspecified atom stereocenters. The number of carbonyl (C=O) groups is 2. The predicted octanol–water partition coefficient (Wildman–Crippen LogP) is 2.60. The Labute approximate surface area is 143 Å². The molecule has 5 heteroatoms. The zero-order valence-corrected chi connectivity index (χ0v) is 14.3. The summed E-state index contributed by atoms with van der Waals surface area (Å²) >= 11 is 0. The number of hydrogen-bond acceptors (Lipinski definition) is 3. The van der Waals surface area contributed by atoms with E-state index in [9.17, 15) is 9.59 Å². The third-order valence-corrected chi connectivity index (χ3v) is 4.95. The summed E-state index contributed by atoms with van der Waals surface area (Å²) in [5.74, 6) is 1.07. The number of amides is 2. The number of anilines is 1. The fourth-order valence-electron chi connectivity index (χ4n) is 3.14. The Hall–Kier alpha value is -1.88. The average Bonchev–Trinajstić information content (AvgIpc) is 3.30. The molecule has 2 atom stereocenters. The van der Waals surface area contributed by atoms with Crippen LogP contribution in [0.4, 0.5) is 5.69 Å². The summed E-state index contributed by atoms with van der Waals surface area (Å²) in [5, 5.41) is 9.32. The molecule has 5 nitrogen and oxygen atoms in total. The lowest BCUT2D eigenvalue weighted by Gasteiger charge is -2.16. The van der Waals surface area contributed by atoms with Gasteiger partial charge in [-0.25, -0.2) is 0 Å². The smallest absolute Gasteiger partial charge is 0.227 e. The molecule has 0 bridgehead atoms. The highest BCUT2D eigenvalue weighted by Crippen LogP contribution is 2.30. The molecule has 3 rings (SSSR count). The van der Waals surface area contributed by atoms with Crippen molar-refractivity contribution in [2.75, 3.05) is 18.4 Å². The van der Waals surface area contributed by atoms with Crippen LogP contribution in [0, 0.1) is 11.8 Å². The molecule has 2 amide bonds. The van der Waals surface area contributed by atoms with Crippen molar-refractivity contribution in [3.05, 3.63) is 29.8 Å². The molecule has 1 aromatic rings. The molecule has 130 valence electrons. The minimum Gasteiger partial charge on any atom is -0.350 e. The van der Waals surface area contributed by atoms with Crippen LogP contribution in [0.2, 0.25) is 0 Å². The first-order valence-corrected chi connectivity index (χ1v) is 9.02. The second-order valence-electron chi connectivity index (χ2n) is 7.07. The van der Waals surface area contributed by atoms with Crippen LogP contribution in [0.1, 0.15) is 50.6 Å². The summed E-state index contributed by atoms with van der Waals surface area (Å²) < 4.78 is 0. The average molecular weight is 329 g/mol. The van der Waals surface area contributed by atoms with Crippen molar-refractivity contribution in [3.63, 3.8) is 0 Å². The first-order chi connectivity index (χ1) is 11.6. The highest BCUT2D eigenvalue weighted by Gasteiger charge is 2.29. The zero-order chi connectivity index (χ0) is 16.9. The van der Waals surface area contributed by atoms with E-state index in [1.165, 1.54) is 6.42 Å². The molecule has 24 heavy (non-hydrogen) atoms. The zero-order valence-electron chi connectivity index (χ0n) is 14.3. The molecular formula is C19H27N3O2. The van der Waals surface area contributed by atoms with Crippen molar-refractivity contribution in [2.45, 2.75) is 45.1 Å². The van der Waals surface area contributed by atoms with E-state index in [4.69, 9.17) is 0 Å². The summed E-state index contributed by atoms with van der Waals surface area (Å²) in [7, 11) is 0. The van der Waals surface area contributed by atoms with E-state index in [1.54, 1.807) is 0 Å². The molecule has 0 radical (unpaired) electrons. The van der Waals surface area contributed by atoms with Crippen LogP contribution in [0.15, 0.2) is 24.3 Å². The van der Waals surface area contributed by atoms with Gasteiger partial charge >= 0.3 is 0 Å². The molecule has 1 saturated heterocycles. The highest BCUT2D eigenvalue weighted by atomic mass is 16.2. The Morgan fingerprint density at radius 2 is 1.96 bits per heavy atom. The summed E-state index contributed by atoms with van der Waals surface area (Å²) in [5.41, 5.74) is 1.87. The van der Waals surface area contributed by atoms with Gasteiger partial charge in [0.15, 0.2) is 0 Å². The Morgan fingerprint density at radius 3 is 2.58 bits per heavy atom. The lowest BCUT2D eigenvalue weighted by molar-refractivity contribution is -0.122. The van der Waals surface area contributed by atoms with E-state index in [1.807, 2.05) is 31.2 Å². The maximum Gasteiger partial charge on any atom is 0.227 e. The molecule has 0 spiro atoms. The van der Waals surface area contributed by atoms with E-state index in [0.717, 1.165) is 43.6 Å². The third-order valence-electron chi connectivity index (χ3n) is 4.95. The van der Waals surface area contributed by atoms with Gasteiger partial charge in [0.2, 0.25) is 11.8 Å². The van der Waals surface area contributed by atoms with Crippen LogP contribution < -0.4 is 16.0 Å². The van der Waals surface area contributed by atoms with Gasteiger partial charge in [-0.3, -0.25) is 9.59 Å². The van der Waals surface area contributed by atoms with Crippen LogP contribution in [0.5, 0.6) is 0 Å². The monoisotopic (exact) mass is 329 g/mol. The summed E-state index contributed by atoms with van der Waals surface area (Å²) in [6, 6.07) is 7.72. The molecule has 0 aromatic heterocycles. The van der Waals surface area contributed by atoms with Crippen molar-refractivity contribution < 1.29 is 9.59 Å². The van der Waals surface area contributed by atoms with Crippen LogP contribution in [-0.2, 0) is 9.59 Å². The molecule has 1 aliphatic heterocycles. The molecule has 1 aromatic carbocycles. The van der Waals surface area contributed by atoms with Crippen LogP contribution in [-0.4, -0.2) is 24.9 Å². The normalized spacial score (nSPS) is 21.3. The maximum atomic E-state index is 12.1. The minimum atomic E-state index is -0.0209. The minimum absolute atomic E-state index is 0.0209. The van der Waals surface area contributed by atoms with E-state index < -0.39 is 0 Å². The quantitative estimate of drug-likeness (QED) is 0.720. The van der Waals surface area contributed by atoms with Crippen LogP contribution >= 0.6 is 0 Å². The molecular weight excluding hydrogens is 302 g/mol. The Bertz CT molecular complexity index is 575. The topological polar surface area (TPSA) is 70.2 Å². The summed E-state index contributed by atoms with van der Waals surface area (Å²) in [4.78, 5) is 23.8. The van der Waals surface area contributed by atoms with Gasteiger partial charge in [0.25, 0.3) is 0 Å². The van der Waals surface area contributed by atoms with Crippen LogP contribution in [0.3, 0.4) is 0 Å². The molecule has 1 heterocycles. The molecule has 1 saturated carbocycles. The number of carbonyl (C=O) groups excluding carboxylic acids is 2. The second-order valence-corrected chi connectivity index (χ2v) is 7.07. The van der Waals surface area contributed by atoms with Crippen molar-refractivity contribution in [2.24, 2.45) is 11.8 Å². The predicted molar refractivity (Wildman–Crippen MR) is 94.6 cm³/mol. The van der Waals surface area contributed by atoms with Crippen molar-refractivity contribution >= 4 is 17.5 Å². The largest absolute Gasteiger partial charge is 0.350 e. The van der Waals surface area contributed by atoms with Crippen molar-refractivity contribution in [1.82, 2.24) is 10.6 Å². The maximum absolute atomic E-state index is 12.1. The van der Waals surface area contributed by atoms with Crippen molar-refractivity contribution in [1.29, 1.82) is 0 Å². The van der Waals surface area contributed by atoms with Gasteiger partial charge in [-0.2, -0.15) is 0 Å². The summed E-state index contributed by atoms with van der Waals surface area (Å²) in [6.07, 6.45) is 4.73. The van der Waals surface area contributed by atoms with Gasteiger partial charge in [-0.1, -0.05) is 12.1 Å².